The molecule has 2 saturated heterocycles. The highest BCUT2D eigenvalue weighted by Gasteiger charge is 2.36. The summed E-state index contributed by atoms with van der Waals surface area (Å²) in [7, 11) is 0. The van der Waals surface area contributed by atoms with Crippen molar-refractivity contribution in [2.24, 2.45) is 5.41 Å². The molecule has 2 aliphatic rings. The van der Waals surface area contributed by atoms with Crippen LogP contribution in [0.5, 0.6) is 0 Å². The third-order valence-corrected chi connectivity index (χ3v) is 4.03. The molecule has 2 amide bonds. The molecular formula is C15H26N2O3. The molecule has 1 N–H and O–H groups in total. The van der Waals surface area contributed by atoms with Crippen LogP contribution in [0.15, 0.2) is 0 Å². The second-order valence-electron chi connectivity index (χ2n) is 6.63. The molecule has 2 aliphatic heterocycles. The van der Waals surface area contributed by atoms with Gasteiger partial charge in [-0.1, -0.05) is 13.8 Å². The van der Waals surface area contributed by atoms with Crippen molar-refractivity contribution in [2.45, 2.75) is 52.1 Å². The second-order valence-corrected chi connectivity index (χ2v) is 6.63. The van der Waals surface area contributed by atoms with E-state index in [9.17, 15) is 9.59 Å². The molecule has 5 heteroatoms. The number of amides is 2. The molecule has 0 aliphatic carbocycles. The van der Waals surface area contributed by atoms with Crippen LogP contribution in [-0.4, -0.2) is 49.1 Å². The second kappa shape index (κ2) is 6.68. The van der Waals surface area contributed by atoms with Crippen molar-refractivity contribution in [1.29, 1.82) is 0 Å². The first-order chi connectivity index (χ1) is 9.48. The lowest BCUT2D eigenvalue weighted by molar-refractivity contribution is -0.152. The van der Waals surface area contributed by atoms with Crippen molar-refractivity contribution in [3.8, 4) is 0 Å². The van der Waals surface area contributed by atoms with Crippen LogP contribution in [-0.2, 0) is 14.3 Å². The maximum atomic E-state index is 12.0. The van der Waals surface area contributed by atoms with Crippen LogP contribution < -0.4 is 5.32 Å². The number of ether oxygens (including phenoxy) is 1. The van der Waals surface area contributed by atoms with Gasteiger partial charge in [-0.05, 0) is 37.8 Å². The predicted molar refractivity (Wildman–Crippen MR) is 76.2 cm³/mol. The highest BCUT2D eigenvalue weighted by atomic mass is 16.5. The average molecular weight is 282 g/mol. The summed E-state index contributed by atoms with van der Waals surface area (Å²) < 4.78 is 5.80. The van der Waals surface area contributed by atoms with Crippen LogP contribution in [0.3, 0.4) is 0 Å². The van der Waals surface area contributed by atoms with E-state index in [1.54, 1.807) is 0 Å². The molecule has 0 atom stereocenters. The Morgan fingerprint density at radius 1 is 1.20 bits per heavy atom. The van der Waals surface area contributed by atoms with Crippen LogP contribution in [0, 0.1) is 5.41 Å². The minimum Gasteiger partial charge on any atom is -0.378 e. The van der Waals surface area contributed by atoms with Gasteiger partial charge in [-0.2, -0.15) is 0 Å². The van der Waals surface area contributed by atoms with Gasteiger partial charge in [0.2, 0.25) is 11.8 Å². The first-order valence-electron chi connectivity index (χ1n) is 7.63. The van der Waals surface area contributed by atoms with Crippen molar-refractivity contribution in [1.82, 2.24) is 10.2 Å². The SMILES string of the molecule is CC1(C)CC(=O)N(CCCOC2CCNCC2)C(=O)C1. The lowest BCUT2D eigenvalue weighted by Gasteiger charge is -2.34. The largest absolute Gasteiger partial charge is 0.378 e. The normalized spacial score (nSPS) is 24.2. The van der Waals surface area contributed by atoms with Gasteiger partial charge in [0.25, 0.3) is 0 Å². The molecule has 0 aromatic heterocycles. The van der Waals surface area contributed by atoms with Gasteiger partial charge >= 0.3 is 0 Å². The molecule has 2 fully saturated rings. The maximum absolute atomic E-state index is 12.0. The Labute approximate surface area is 121 Å². The van der Waals surface area contributed by atoms with Crippen LogP contribution in [0.2, 0.25) is 0 Å². The first-order valence-corrected chi connectivity index (χ1v) is 7.63. The molecule has 0 radical (unpaired) electrons. The first kappa shape index (κ1) is 15.4. The molecule has 114 valence electrons. The molecular weight excluding hydrogens is 256 g/mol. The Morgan fingerprint density at radius 3 is 2.40 bits per heavy atom. The summed E-state index contributed by atoms with van der Waals surface area (Å²) in [5.74, 6) is -0.0683. The van der Waals surface area contributed by atoms with Crippen molar-refractivity contribution < 1.29 is 14.3 Å². The van der Waals surface area contributed by atoms with Crippen LogP contribution in [0.1, 0.15) is 46.0 Å². The van der Waals surface area contributed by atoms with Gasteiger partial charge in [0.05, 0.1) is 6.10 Å². The van der Waals surface area contributed by atoms with E-state index in [-0.39, 0.29) is 17.2 Å². The van der Waals surface area contributed by atoms with E-state index in [0.717, 1.165) is 32.4 Å². The van der Waals surface area contributed by atoms with E-state index in [0.29, 0.717) is 32.1 Å². The number of carbonyl (C=O) groups is 2. The Bertz CT molecular complexity index is 342. The van der Waals surface area contributed by atoms with Gasteiger partial charge in [0.1, 0.15) is 0 Å². The molecule has 0 saturated carbocycles. The monoisotopic (exact) mass is 282 g/mol. The van der Waals surface area contributed by atoms with Crippen LogP contribution in [0.25, 0.3) is 0 Å². The summed E-state index contributed by atoms with van der Waals surface area (Å²) in [6.07, 6.45) is 4.11. The standard InChI is InChI=1S/C15H26N2O3/c1-15(2)10-13(18)17(14(19)11-15)8-3-9-20-12-4-6-16-7-5-12/h12,16H,3-11H2,1-2H3. The zero-order valence-electron chi connectivity index (χ0n) is 12.6. The summed E-state index contributed by atoms with van der Waals surface area (Å²) in [5.41, 5.74) is -0.184. The van der Waals surface area contributed by atoms with Gasteiger partial charge in [-0.3, -0.25) is 14.5 Å². The molecule has 2 rings (SSSR count). The zero-order chi connectivity index (χ0) is 14.6. The van der Waals surface area contributed by atoms with Crippen LogP contribution in [0.4, 0.5) is 0 Å². The van der Waals surface area contributed by atoms with Gasteiger partial charge < -0.3 is 10.1 Å². The fourth-order valence-electron chi connectivity index (χ4n) is 2.90. The minimum atomic E-state index is -0.184. The third kappa shape index (κ3) is 4.28. The number of rotatable bonds is 5. The lowest BCUT2D eigenvalue weighted by atomic mass is 9.82. The minimum absolute atomic E-state index is 0.0342. The number of hydrogen-bond donors (Lipinski definition) is 1. The molecule has 0 bridgehead atoms. The number of carbonyl (C=O) groups excluding carboxylic acids is 2. The molecule has 5 nitrogen and oxygen atoms in total. The Hall–Kier alpha value is -0.940. The Balaban J connectivity index is 1.68. The fraction of sp³-hybridized carbons (Fsp3) is 0.867. The van der Waals surface area contributed by atoms with Gasteiger partial charge in [-0.25, -0.2) is 0 Å². The topological polar surface area (TPSA) is 58.6 Å². The van der Waals surface area contributed by atoms with Crippen molar-refractivity contribution in [3.63, 3.8) is 0 Å². The van der Waals surface area contributed by atoms with E-state index in [2.05, 4.69) is 5.32 Å². The number of likely N-dealkylation sites (tertiary alicyclic amines) is 1. The molecule has 0 unspecified atom stereocenters. The van der Waals surface area contributed by atoms with E-state index >= 15 is 0 Å². The van der Waals surface area contributed by atoms with Crippen molar-refractivity contribution >= 4 is 11.8 Å². The average Bonchev–Trinajstić information content (AvgIpc) is 2.37. The van der Waals surface area contributed by atoms with Gasteiger partial charge in [0, 0.05) is 26.0 Å². The van der Waals surface area contributed by atoms with Gasteiger partial charge in [-0.15, -0.1) is 0 Å². The zero-order valence-corrected chi connectivity index (χ0v) is 12.6. The molecule has 0 aromatic carbocycles. The summed E-state index contributed by atoms with van der Waals surface area (Å²) in [5, 5.41) is 3.30. The smallest absolute Gasteiger partial charge is 0.229 e. The van der Waals surface area contributed by atoms with E-state index in [1.807, 2.05) is 13.8 Å². The molecule has 0 spiro atoms. The van der Waals surface area contributed by atoms with E-state index in [1.165, 1.54) is 4.90 Å². The van der Waals surface area contributed by atoms with E-state index in [4.69, 9.17) is 4.74 Å². The molecule has 20 heavy (non-hydrogen) atoms. The Kier molecular flexibility index (Phi) is 5.16. The van der Waals surface area contributed by atoms with Gasteiger partial charge in [0.15, 0.2) is 0 Å². The maximum Gasteiger partial charge on any atom is 0.229 e. The quantitative estimate of drug-likeness (QED) is 0.610. The molecule has 0 aromatic rings. The lowest BCUT2D eigenvalue weighted by Crippen LogP contribution is -2.46. The van der Waals surface area contributed by atoms with E-state index < -0.39 is 0 Å². The molecule has 2 heterocycles. The summed E-state index contributed by atoms with van der Waals surface area (Å²) in [6.45, 7) is 7.11. The van der Waals surface area contributed by atoms with Crippen molar-refractivity contribution in [2.75, 3.05) is 26.2 Å². The summed E-state index contributed by atoms with van der Waals surface area (Å²) in [4.78, 5) is 25.4. The number of nitrogens with one attached hydrogen (secondary N) is 1. The fourth-order valence-corrected chi connectivity index (χ4v) is 2.90. The third-order valence-electron chi connectivity index (χ3n) is 4.03. The Morgan fingerprint density at radius 2 is 1.80 bits per heavy atom. The van der Waals surface area contributed by atoms with Crippen LogP contribution >= 0.6 is 0 Å². The number of hydrogen-bond acceptors (Lipinski definition) is 4. The summed E-state index contributed by atoms with van der Waals surface area (Å²) in [6, 6.07) is 0. The number of piperidine rings is 2. The summed E-state index contributed by atoms with van der Waals surface area (Å²) >= 11 is 0. The number of nitrogens with zero attached hydrogens (tertiary/aromatic N) is 1. The highest BCUT2D eigenvalue weighted by molar-refractivity contribution is 5.98. The number of imide groups is 1. The van der Waals surface area contributed by atoms with Crippen molar-refractivity contribution in [3.05, 3.63) is 0 Å². The predicted octanol–water partition coefficient (Wildman–Crippen LogP) is 1.32. The highest BCUT2D eigenvalue weighted by Crippen LogP contribution is 2.31.